The minimum atomic E-state index is -5.32. The Hall–Kier alpha value is -4.98. The predicted octanol–water partition coefficient (Wildman–Crippen LogP) is 8.21. The average molecular weight is 748 g/mol. The lowest BCUT2D eigenvalue weighted by Gasteiger charge is -2.33. The van der Waals surface area contributed by atoms with Crippen molar-refractivity contribution in [2.24, 2.45) is 0 Å². The van der Waals surface area contributed by atoms with E-state index in [4.69, 9.17) is 9.47 Å². The number of carbonyl (C=O) groups excluding carboxylic acids is 1. The van der Waals surface area contributed by atoms with Crippen LogP contribution in [0.1, 0.15) is 60.8 Å². The summed E-state index contributed by atoms with van der Waals surface area (Å²) in [5, 5.41) is 12.3. The van der Waals surface area contributed by atoms with Crippen LogP contribution in [0.5, 0.6) is 11.5 Å². The zero-order valence-electron chi connectivity index (χ0n) is 29.3. The summed E-state index contributed by atoms with van der Waals surface area (Å²) >= 11 is 0. The molecule has 6 rings (SSSR count). The lowest BCUT2D eigenvalue weighted by molar-refractivity contribution is -0.270. The molecule has 0 fully saturated rings. The van der Waals surface area contributed by atoms with Gasteiger partial charge in [0, 0.05) is 34.7 Å². The number of Topliss-reactive ketones (excluding diaryl/α,β-unsaturated/α-hetero) is 1. The smallest absolute Gasteiger partial charge is 0.422 e. The number of hydrogen-bond acceptors (Lipinski definition) is 7. The molecule has 0 bridgehead atoms. The highest BCUT2D eigenvalue weighted by Gasteiger charge is 2.57. The molecule has 1 aliphatic rings. The molecule has 0 radical (unpaired) electrons. The van der Waals surface area contributed by atoms with Crippen LogP contribution in [-0.4, -0.2) is 49.7 Å². The van der Waals surface area contributed by atoms with E-state index in [0.717, 1.165) is 23.8 Å². The largest absolute Gasteiger partial charge is 0.494 e. The van der Waals surface area contributed by atoms with Gasteiger partial charge in [0.05, 0.1) is 28.5 Å². The van der Waals surface area contributed by atoms with Crippen molar-refractivity contribution in [3.63, 3.8) is 0 Å². The van der Waals surface area contributed by atoms with Crippen molar-refractivity contribution in [1.82, 2.24) is 14.7 Å². The number of aliphatic hydroxyl groups is 1. The summed E-state index contributed by atoms with van der Waals surface area (Å²) in [7, 11) is -0.378. The van der Waals surface area contributed by atoms with E-state index in [1.165, 1.54) is 31.4 Å². The minimum Gasteiger partial charge on any atom is -0.494 e. The zero-order chi connectivity index (χ0) is 38.2. The van der Waals surface area contributed by atoms with Gasteiger partial charge in [-0.25, -0.2) is 18.3 Å². The van der Waals surface area contributed by atoms with Crippen molar-refractivity contribution in [3.8, 4) is 22.8 Å². The fourth-order valence-corrected chi connectivity index (χ4v) is 6.87. The molecule has 0 amide bonds. The summed E-state index contributed by atoms with van der Waals surface area (Å²) in [6.07, 6.45) is -2.20. The highest BCUT2D eigenvalue weighted by atomic mass is 32.2. The Bertz CT molecular complexity index is 2210. The molecule has 5 aromatic rings. The maximum atomic E-state index is 15.2. The second kappa shape index (κ2) is 14.4. The second-order valence-electron chi connectivity index (χ2n) is 13.8. The molecular weight excluding hydrogens is 711 g/mol. The Balaban J connectivity index is 1.50. The third-order valence-corrected chi connectivity index (χ3v) is 10.7. The summed E-state index contributed by atoms with van der Waals surface area (Å²) in [6.45, 7) is 5.02. The van der Waals surface area contributed by atoms with Crippen LogP contribution in [0.4, 0.5) is 17.6 Å². The fourth-order valence-electron chi connectivity index (χ4n) is 6.00. The third-order valence-electron chi connectivity index (χ3n) is 9.02. The van der Waals surface area contributed by atoms with Crippen LogP contribution < -0.4 is 14.2 Å². The van der Waals surface area contributed by atoms with E-state index >= 15 is 13.2 Å². The molecule has 0 spiro atoms. The van der Waals surface area contributed by atoms with Crippen molar-refractivity contribution in [2.45, 2.75) is 55.7 Å². The third kappa shape index (κ3) is 7.59. The van der Waals surface area contributed by atoms with E-state index in [-0.39, 0.29) is 40.5 Å². The van der Waals surface area contributed by atoms with Gasteiger partial charge in [-0.1, -0.05) is 48.6 Å². The van der Waals surface area contributed by atoms with Gasteiger partial charge in [-0.3, -0.25) is 9.78 Å². The Kier molecular flexibility index (Phi) is 10.3. The van der Waals surface area contributed by atoms with Gasteiger partial charge in [-0.05, 0) is 81.3 Å². The van der Waals surface area contributed by atoms with E-state index in [9.17, 15) is 18.5 Å². The van der Waals surface area contributed by atoms with Crippen LogP contribution >= 0.6 is 0 Å². The number of benzene rings is 3. The number of nitrogens with zero attached hydrogens (tertiary/aromatic N) is 2. The first kappa shape index (κ1) is 37.8. The van der Waals surface area contributed by atoms with Crippen molar-refractivity contribution >= 4 is 33.7 Å². The predicted molar refractivity (Wildman–Crippen MR) is 195 cm³/mol. The van der Waals surface area contributed by atoms with E-state index < -0.39 is 63.2 Å². The number of nitrogens with one attached hydrogen (secondary N) is 1. The SMILES string of the molecule is COc1cc(C(=O)CCC(O)(c2cc3c(c(-c4ccc(F)cc4)n2)OCC3(/C=C/c2ccccc2)NS(=O)C(C)(C)C)C(F)(F)F)cc2cccnc12. The molecule has 0 aliphatic carbocycles. The number of hydrogen-bond donors (Lipinski definition) is 2. The van der Waals surface area contributed by atoms with Gasteiger partial charge >= 0.3 is 6.18 Å². The Morgan fingerprint density at radius 3 is 2.42 bits per heavy atom. The number of ether oxygens (including phenoxy) is 2. The highest BCUT2D eigenvalue weighted by molar-refractivity contribution is 7.84. The van der Waals surface area contributed by atoms with Crippen LogP contribution in [-0.2, 0) is 22.1 Å². The zero-order valence-corrected chi connectivity index (χ0v) is 30.1. The Morgan fingerprint density at radius 2 is 1.75 bits per heavy atom. The molecule has 1 aliphatic heterocycles. The Morgan fingerprint density at radius 1 is 1.04 bits per heavy atom. The first-order valence-corrected chi connectivity index (χ1v) is 17.8. The van der Waals surface area contributed by atoms with Crippen molar-refractivity contribution < 1.29 is 41.1 Å². The molecule has 53 heavy (non-hydrogen) atoms. The van der Waals surface area contributed by atoms with Gasteiger partial charge in [-0.15, -0.1) is 0 Å². The molecule has 3 aromatic carbocycles. The van der Waals surface area contributed by atoms with Crippen molar-refractivity contribution in [1.29, 1.82) is 0 Å². The number of methoxy groups -OCH3 is 1. The maximum absolute atomic E-state index is 15.2. The number of pyridine rings is 2. The summed E-state index contributed by atoms with van der Waals surface area (Å²) < 4.78 is 87.3. The van der Waals surface area contributed by atoms with Gasteiger partial charge < -0.3 is 14.6 Å². The van der Waals surface area contributed by atoms with Crippen LogP contribution in [0.3, 0.4) is 0 Å². The number of ketones is 1. The van der Waals surface area contributed by atoms with Gasteiger partial charge in [0.15, 0.2) is 11.5 Å². The quantitative estimate of drug-likeness (QED) is 0.104. The number of fused-ring (bicyclic) bond motifs is 2. The van der Waals surface area contributed by atoms with E-state index in [0.29, 0.717) is 10.9 Å². The molecule has 3 atom stereocenters. The Labute approximate surface area is 306 Å². The number of carbonyl (C=O) groups is 1. The maximum Gasteiger partial charge on any atom is 0.422 e. The highest BCUT2D eigenvalue weighted by Crippen LogP contribution is 2.49. The lowest BCUT2D eigenvalue weighted by Crippen LogP contribution is -2.48. The molecular formula is C40H37F4N3O5S. The standard InChI is InChI=1S/C40H37F4N3O5S/c1-37(2,3)53(50)47-38(18-16-25-9-6-5-7-10-25)24-52-36-30(38)23-33(46-35(36)26-12-14-29(41)15-13-26)39(49,40(42,43)44)19-17-31(48)28-21-27-11-8-20-45-34(27)32(22-28)51-4/h5-16,18,20-23,47,49H,17,19,24H2,1-4H3/b18-16+. The molecule has 2 aromatic heterocycles. The fraction of sp³-hybridized carbons (Fsp3) is 0.275. The number of alkyl halides is 3. The molecule has 2 N–H and O–H groups in total. The van der Waals surface area contributed by atoms with Gasteiger partial charge in [0.1, 0.15) is 34.9 Å². The van der Waals surface area contributed by atoms with Crippen LogP contribution in [0, 0.1) is 5.82 Å². The first-order chi connectivity index (χ1) is 25.0. The minimum absolute atomic E-state index is 0.0638. The van der Waals surface area contributed by atoms with Gasteiger partial charge in [-0.2, -0.15) is 13.2 Å². The van der Waals surface area contributed by atoms with E-state index in [2.05, 4.69) is 14.7 Å². The second-order valence-corrected chi connectivity index (χ2v) is 15.7. The molecule has 8 nitrogen and oxygen atoms in total. The molecule has 276 valence electrons. The number of rotatable bonds is 11. The molecule has 3 unspecified atom stereocenters. The van der Waals surface area contributed by atoms with Gasteiger partial charge in [0.25, 0.3) is 0 Å². The van der Waals surface area contributed by atoms with Crippen LogP contribution in [0.15, 0.2) is 97.2 Å². The first-order valence-electron chi connectivity index (χ1n) is 16.7. The average Bonchev–Trinajstić information content (AvgIpc) is 3.49. The topological polar surface area (TPSA) is 111 Å². The van der Waals surface area contributed by atoms with Crippen molar-refractivity contribution in [3.05, 3.63) is 125 Å². The molecule has 13 heteroatoms. The van der Waals surface area contributed by atoms with Crippen molar-refractivity contribution in [2.75, 3.05) is 13.7 Å². The molecule has 0 saturated carbocycles. The van der Waals surface area contributed by atoms with Gasteiger partial charge in [0.2, 0.25) is 5.60 Å². The van der Waals surface area contributed by atoms with E-state index in [1.54, 1.807) is 51.3 Å². The summed E-state index contributed by atoms with van der Waals surface area (Å²) in [5.41, 5.74) is -4.41. The number of halogens is 4. The number of aromatic nitrogens is 2. The van der Waals surface area contributed by atoms with Crippen LogP contribution in [0.25, 0.3) is 28.2 Å². The normalized spacial score (nSPS) is 17.7. The summed E-state index contributed by atoms with van der Waals surface area (Å²) in [5.74, 6) is -0.936. The van der Waals surface area contributed by atoms with Crippen LogP contribution in [0.2, 0.25) is 0 Å². The lowest BCUT2D eigenvalue weighted by atomic mass is 9.85. The van der Waals surface area contributed by atoms with E-state index in [1.807, 2.05) is 30.3 Å². The monoisotopic (exact) mass is 747 g/mol. The summed E-state index contributed by atoms with van der Waals surface area (Å²) in [6, 6.07) is 21.4. The summed E-state index contributed by atoms with van der Waals surface area (Å²) in [4.78, 5) is 22.1. The molecule has 3 heterocycles. The molecule has 0 saturated heterocycles.